The van der Waals surface area contributed by atoms with Gasteiger partial charge >= 0.3 is 5.97 Å². The summed E-state index contributed by atoms with van der Waals surface area (Å²) < 4.78 is 0. The summed E-state index contributed by atoms with van der Waals surface area (Å²) in [6, 6.07) is 5.31. The number of aliphatic carboxylic acids is 1. The Balaban J connectivity index is 3.04. The Hall–Kier alpha value is -1.22. The second-order valence-corrected chi connectivity index (χ2v) is 4.33. The summed E-state index contributed by atoms with van der Waals surface area (Å²) >= 11 is 5.83. The van der Waals surface area contributed by atoms with Crippen molar-refractivity contribution in [2.75, 3.05) is 5.73 Å². The topological polar surface area (TPSA) is 63.3 Å². The van der Waals surface area contributed by atoms with Gasteiger partial charge in [0, 0.05) is 0 Å². The van der Waals surface area contributed by atoms with Crippen LogP contribution >= 0.6 is 11.6 Å². The van der Waals surface area contributed by atoms with Gasteiger partial charge in [-0.05, 0) is 30.0 Å². The van der Waals surface area contributed by atoms with Crippen LogP contribution < -0.4 is 5.73 Å². The van der Waals surface area contributed by atoms with Gasteiger partial charge in [0.2, 0.25) is 0 Å². The van der Waals surface area contributed by atoms with Gasteiger partial charge in [-0.15, -0.1) is 0 Å². The number of benzene rings is 1. The minimum Gasteiger partial charge on any atom is -0.481 e. The molecule has 0 aromatic heterocycles. The quantitative estimate of drug-likeness (QED) is 0.796. The lowest BCUT2D eigenvalue weighted by atomic mass is 9.85. The first-order valence-electron chi connectivity index (χ1n) is 5.25. The summed E-state index contributed by atoms with van der Waals surface area (Å²) in [6.45, 7) is 3.68. The molecule has 0 aliphatic rings. The first-order valence-corrected chi connectivity index (χ1v) is 5.62. The molecule has 3 N–H and O–H groups in total. The Bertz CT molecular complexity index is 393. The molecule has 1 rings (SSSR count). The van der Waals surface area contributed by atoms with E-state index >= 15 is 0 Å². The van der Waals surface area contributed by atoms with E-state index in [1.54, 1.807) is 19.1 Å². The highest BCUT2D eigenvalue weighted by molar-refractivity contribution is 6.33. The fourth-order valence-electron chi connectivity index (χ4n) is 1.84. The molecule has 0 saturated heterocycles. The number of hydrogen-bond donors (Lipinski definition) is 2. The van der Waals surface area contributed by atoms with Gasteiger partial charge < -0.3 is 10.8 Å². The highest BCUT2D eigenvalue weighted by atomic mass is 35.5. The summed E-state index contributed by atoms with van der Waals surface area (Å²) in [4.78, 5) is 11.0. The lowest BCUT2D eigenvalue weighted by Crippen LogP contribution is -2.18. The van der Waals surface area contributed by atoms with Gasteiger partial charge in [0.25, 0.3) is 0 Å². The van der Waals surface area contributed by atoms with Crippen LogP contribution in [0, 0.1) is 5.92 Å². The highest BCUT2D eigenvalue weighted by Gasteiger charge is 2.23. The van der Waals surface area contributed by atoms with Crippen molar-refractivity contribution in [3.8, 4) is 0 Å². The van der Waals surface area contributed by atoms with E-state index in [0.29, 0.717) is 10.7 Å². The zero-order chi connectivity index (χ0) is 12.3. The Morgan fingerprint density at radius 1 is 1.56 bits per heavy atom. The number of anilines is 1. The Morgan fingerprint density at radius 3 is 2.62 bits per heavy atom. The van der Waals surface area contributed by atoms with E-state index in [-0.39, 0.29) is 5.92 Å². The van der Waals surface area contributed by atoms with Gasteiger partial charge in [-0.25, -0.2) is 0 Å². The summed E-state index contributed by atoms with van der Waals surface area (Å²) in [5.41, 5.74) is 7.14. The van der Waals surface area contributed by atoms with Gasteiger partial charge in [0.05, 0.1) is 16.6 Å². The molecular weight excluding hydrogens is 226 g/mol. The van der Waals surface area contributed by atoms with Gasteiger partial charge in [-0.3, -0.25) is 4.79 Å². The molecule has 1 aromatic rings. The van der Waals surface area contributed by atoms with Gasteiger partial charge in [-0.2, -0.15) is 0 Å². The maximum atomic E-state index is 11.0. The molecule has 1 unspecified atom stereocenters. The first kappa shape index (κ1) is 12.8. The minimum absolute atomic E-state index is 0.0305. The number of carbonyl (C=O) groups is 1. The maximum absolute atomic E-state index is 11.0. The smallest absolute Gasteiger partial charge is 0.306 e. The summed E-state index contributed by atoms with van der Waals surface area (Å²) in [5.74, 6) is -1.25. The third kappa shape index (κ3) is 2.67. The molecule has 4 heteroatoms. The van der Waals surface area contributed by atoms with E-state index in [1.165, 1.54) is 0 Å². The van der Waals surface area contributed by atoms with Crippen LogP contribution in [0.1, 0.15) is 31.7 Å². The Kier molecular flexibility index (Phi) is 4.19. The van der Waals surface area contributed by atoms with E-state index in [4.69, 9.17) is 22.4 Å². The number of halogens is 1. The standard InChI is InChI=1S/C12H16ClNO2/c1-3-9(7(2)12(15)16)8-4-5-10(13)11(14)6-8/h4-7,9H,3,14H2,1-2H3,(H,15,16)/t7-,9?/m1/s1. The molecule has 3 nitrogen and oxygen atoms in total. The number of nitrogens with two attached hydrogens (primary N) is 1. The van der Waals surface area contributed by atoms with Crippen molar-refractivity contribution in [3.63, 3.8) is 0 Å². The molecule has 0 aliphatic heterocycles. The summed E-state index contributed by atoms with van der Waals surface area (Å²) in [7, 11) is 0. The monoisotopic (exact) mass is 241 g/mol. The second-order valence-electron chi connectivity index (χ2n) is 3.92. The summed E-state index contributed by atoms with van der Waals surface area (Å²) in [6.07, 6.45) is 0.758. The third-order valence-corrected chi connectivity index (χ3v) is 3.23. The fraction of sp³-hybridized carbons (Fsp3) is 0.417. The molecule has 0 amide bonds. The number of carboxylic acids is 1. The second kappa shape index (κ2) is 5.21. The average Bonchev–Trinajstić information content (AvgIpc) is 2.24. The van der Waals surface area contributed by atoms with Gasteiger partial charge in [0.1, 0.15) is 0 Å². The molecule has 16 heavy (non-hydrogen) atoms. The Labute approximate surface area is 100 Å². The largest absolute Gasteiger partial charge is 0.481 e. The number of rotatable bonds is 4. The van der Waals surface area contributed by atoms with Crippen molar-refractivity contribution in [1.82, 2.24) is 0 Å². The lowest BCUT2D eigenvalue weighted by molar-refractivity contribution is -0.141. The molecule has 0 spiro atoms. The molecule has 1 aromatic carbocycles. The zero-order valence-electron chi connectivity index (χ0n) is 9.40. The predicted octanol–water partition coefficient (Wildman–Crippen LogP) is 3.14. The predicted molar refractivity (Wildman–Crippen MR) is 65.7 cm³/mol. The molecule has 0 bridgehead atoms. The van der Waals surface area contributed by atoms with Crippen LogP contribution in [0.2, 0.25) is 5.02 Å². The van der Waals surface area contributed by atoms with E-state index in [2.05, 4.69) is 0 Å². The van der Waals surface area contributed by atoms with Crippen LogP contribution in [0.15, 0.2) is 18.2 Å². The van der Waals surface area contributed by atoms with E-state index < -0.39 is 11.9 Å². The molecule has 0 aliphatic carbocycles. The fourth-order valence-corrected chi connectivity index (χ4v) is 1.96. The molecule has 88 valence electrons. The van der Waals surface area contributed by atoms with Crippen LogP contribution in [-0.4, -0.2) is 11.1 Å². The van der Waals surface area contributed by atoms with Crippen LogP contribution in [-0.2, 0) is 4.79 Å². The van der Waals surface area contributed by atoms with Gasteiger partial charge in [0.15, 0.2) is 0 Å². The van der Waals surface area contributed by atoms with Gasteiger partial charge in [-0.1, -0.05) is 31.5 Å². The summed E-state index contributed by atoms with van der Waals surface area (Å²) in [5, 5.41) is 9.51. The molecule has 0 heterocycles. The minimum atomic E-state index is -0.791. The third-order valence-electron chi connectivity index (χ3n) is 2.88. The van der Waals surface area contributed by atoms with E-state index in [1.807, 2.05) is 13.0 Å². The van der Waals surface area contributed by atoms with Crippen molar-refractivity contribution in [1.29, 1.82) is 0 Å². The molecule has 2 atom stereocenters. The van der Waals surface area contributed by atoms with Crippen molar-refractivity contribution in [2.45, 2.75) is 26.2 Å². The van der Waals surface area contributed by atoms with E-state index in [0.717, 1.165) is 12.0 Å². The van der Waals surface area contributed by atoms with E-state index in [9.17, 15) is 4.79 Å². The molecular formula is C12H16ClNO2. The lowest BCUT2D eigenvalue weighted by Gasteiger charge is -2.20. The number of nitrogen functional groups attached to an aromatic ring is 1. The molecule has 0 saturated carbocycles. The first-order chi connectivity index (χ1) is 7.47. The SMILES string of the molecule is CCC(c1ccc(Cl)c(N)c1)[C@@H](C)C(=O)O. The van der Waals surface area contributed by atoms with Crippen LogP contribution in [0.5, 0.6) is 0 Å². The highest BCUT2D eigenvalue weighted by Crippen LogP contribution is 2.31. The van der Waals surface area contributed by atoms with Crippen molar-refractivity contribution in [2.24, 2.45) is 5.92 Å². The van der Waals surface area contributed by atoms with Crippen LogP contribution in [0.3, 0.4) is 0 Å². The van der Waals surface area contributed by atoms with Crippen molar-refractivity contribution in [3.05, 3.63) is 28.8 Å². The van der Waals surface area contributed by atoms with Crippen LogP contribution in [0.25, 0.3) is 0 Å². The molecule has 0 fully saturated rings. The van der Waals surface area contributed by atoms with Crippen LogP contribution in [0.4, 0.5) is 5.69 Å². The normalized spacial score (nSPS) is 14.4. The number of hydrogen-bond acceptors (Lipinski definition) is 2. The maximum Gasteiger partial charge on any atom is 0.306 e. The number of carboxylic acid groups (broad SMARTS) is 1. The van der Waals surface area contributed by atoms with Crippen molar-refractivity contribution < 1.29 is 9.90 Å². The van der Waals surface area contributed by atoms with Crippen molar-refractivity contribution >= 4 is 23.3 Å². The molecule has 0 radical (unpaired) electrons. The zero-order valence-corrected chi connectivity index (χ0v) is 10.2. The Morgan fingerprint density at radius 2 is 2.19 bits per heavy atom. The average molecular weight is 242 g/mol.